The Balaban J connectivity index is 3.37. The number of aliphatic hydroxyl groups excluding tert-OH is 2. The van der Waals surface area contributed by atoms with Crippen LogP contribution in [-0.4, -0.2) is 36.0 Å². The molecule has 0 saturated carbocycles. The SMILES string of the molecule is CCCC(C)CNC(CO)CO. The molecule has 0 aliphatic rings. The fourth-order valence-corrected chi connectivity index (χ4v) is 1.15. The van der Waals surface area contributed by atoms with Gasteiger partial charge in [-0.3, -0.25) is 0 Å². The van der Waals surface area contributed by atoms with Crippen molar-refractivity contribution in [3.8, 4) is 0 Å². The van der Waals surface area contributed by atoms with Crippen molar-refractivity contribution < 1.29 is 10.2 Å². The zero-order chi connectivity index (χ0) is 9.40. The lowest BCUT2D eigenvalue weighted by Crippen LogP contribution is -2.38. The molecule has 3 N–H and O–H groups in total. The van der Waals surface area contributed by atoms with Gasteiger partial charge in [-0.2, -0.15) is 0 Å². The van der Waals surface area contributed by atoms with Gasteiger partial charge < -0.3 is 15.5 Å². The average molecular weight is 175 g/mol. The minimum absolute atomic E-state index is 0.00927. The van der Waals surface area contributed by atoms with Gasteiger partial charge in [0.05, 0.1) is 19.3 Å². The predicted molar refractivity (Wildman–Crippen MR) is 50.0 cm³/mol. The second-order valence-electron chi connectivity index (χ2n) is 3.36. The third-order valence-electron chi connectivity index (χ3n) is 1.98. The molecule has 3 nitrogen and oxygen atoms in total. The van der Waals surface area contributed by atoms with E-state index in [1.54, 1.807) is 0 Å². The van der Waals surface area contributed by atoms with E-state index in [4.69, 9.17) is 10.2 Å². The molecule has 0 radical (unpaired) electrons. The lowest BCUT2D eigenvalue weighted by Gasteiger charge is -2.16. The second-order valence-corrected chi connectivity index (χ2v) is 3.36. The molecule has 0 aliphatic heterocycles. The Labute approximate surface area is 74.8 Å². The molecule has 0 aliphatic carbocycles. The van der Waals surface area contributed by atoms with Gasteiger partial charge in [-0.15, -0.1) is 0 Å². The predicted octanol–water partition coefficient (Wildman–Crippen LogP) is 0.365. The molecule has 0 heterocycles. The van der Waals surface area contributed by atoms with E-state index in [1.807, 2.05) is 0 Å². The third-order valence-corrected chi connectivity index (χ3v) is 1.98. The monoisotopic (exact) mass is 175 g/mol. The molecular weight excluding hydrogens is 154 g/mol. The van der Waals surface area contributed by atoms with Gasteiger partial charge in [0.2, 0.25) is 0 Å². The van der Waals surface area contributed by atoms with Gasteiger partial charge in [0.15, 0.2) is 0 Å². The summed E-state index contributed by atoms with van der Waals surface area (Å²) in [6.07, 6.45) is 2.38. The van der Waals surface area contributed by atoms with Crippen molar-refractivity contribution in [2.24, 2.45) is 5.92 Å². The molecule has 1 unspecified atom stereocenters. The Morgan fingerprint density at radius 3 is 2.25 bits per heavy atom. The van der Waals surface area contributed by atoms with Crippen LogP contribution in [0.15, 0.2) is 0 Å². The van der Waals surface area contributed by atoms with E-state index in [1.165, 1.54) is 12.8 Å². The molecule has 0 aromatic rings. The zero-order valence-corrected chi connectivity index (χ0v) is 8.08. The van der Waals surface area contributed by atoms with Gasteiger partial charge in [0.1, 0.15) is 0 Å². The van der Waals surface area contributed by atoms with Gasteiger partial charge >= 0.3 is 0 Å². The van der Waals surface area contributed by atoms with Crippen LogP contribution in [0.1, 0.15) is 26.7 Å². The summed E-state index contributed by atoms with van der Waals surface area (Å²) in [5.41, 5.74) is 0. The first-order valence-electron chi connectivity index (χ1n) is 4.69. The number of rotatable bonds is 7. The van der Waals surface area contributed by atoms with Crippen molar-refractivity contribution in [2.75, 3.05) is 19.8 Å². The normalized spacial score (nSPS) is 13.8. The highest BCUT2D eigenvalue weighted by Gasteiger charge is 2.06. The smallest absolute Gasteiger partial charge is 0.0607 e. The summed E-state index contributed by atoms with van der Waals surface area (Å²) in [7, 11) is 0. The number of nitrogens with one attached hydrogen (secondary N) is 1. The molecule has 0 aromatic carbocycles. The van der Waals surface area contributed by atoms with E-state index >= 15 is 0 Å². The Bertz CT molecular complexity index is 94.5. The summed E-state index contributed by atoms with van der Waals surface area (Å²) in [4.78, 5) is 0. The molecule has 12 heavy (non-hydrogen) atoms. The van der Waals surface area contributed by atoms with Crippen LogP contribution in [0.5, 0.6) is 0 Å². The van der Waals surface area contributed by atoms with Crippen LogP contribution in [-0.2, 0) is 0 Å². The highest BCUT2D eigenvalue weighted by molar-refractivity contribution is 4.65. The Morgan fingerprint density at radius 1 is 1.25 bits per heavy atom. The number of aliphatic hydroxyl groups is 2. The van der Waals surface area contributed by atoms with E-state index in [2.05, 4.69) is 19.2 Å². The van der Waals surface area contributed by atoms with E-state index in [0.29, 0.717) is 5.92 Å². The van der Waals surface area contributed by atoms with Gasteiger partial charge in [0.25, 0.3) is 0 Å². The van der Waals surface area contributed by atoms with Crippen LogP contribution in [0.4, 0.5) is 0 Å². The highest BCUT2D eigenvalue weighted by atomic mass is 16.3. The van der Waals surface area contributed by atoms with Crippen molar-refractivity contribution in [3.63, 3.8) is 0 Å². The summed E-state index contributed by atoms with van der Waals surface area (Å²) in [5.74, 6) is 0.621. The summed E-state index contributed by atoms with van der Waals surface area (Å²) < 4.78 is 0. The molecule has 0 aromatic heterocycles. The van der Waals surface area contributed by atoms with Crippen molar-refractivity contribution in [1.82, 2.24) is 5.32 Å². The van der Waals surface area contributed by atoms with E-state index in [0.717, 1.165) is 6.54 Å². The van der Waals surface area contributed by atoms with Gasteiger partial charge in [-0.25, -0.2) is 0 Å². The molecule has 0 bridgehead atoms. The van der Waals surface area contributed by atoms with Crippen molar-refractivity contribution in [2.45, 2.75) is 32.7 Å². The molecule has 3 heteroatoms. The van der Waals surface area contributed by atoms with Crippen molar-refractivity contribution in [1.29, 1.82) is 0 Å². The maximum absolute atomic E-state index is 8.75. The fraction of sp³-hybridized carbons (Fsp3) is 1.00. The zero-order valence-electron chi connectivity index (χ0n) is 8.08. The van der Waals surface area contributed by atoms with Crippen LogP contribution >= 0.6 is 0 Å². The number of hydrogen-bond acceptors (Lipinski definition) is 3. The van der Waals surface area contributed by atoms with Crippen LogP contribution in [0.3, 0.4) is 0 Å². The second kappa shape index (κ2) is 7.53. The number of hydrogen-bond donors (Lipinski definition) is 3. The fourth-order valence-electron chi connectivity index (χ4n) is 1.15. The first-order valence-corrected chi connectivity index (χ1v) is 4.69. The maximum atomic E-state index is 8.75. The van der Waals surface area contributed by atoms with Crippen LogP contribution in [0.2, 0.25) is 0 Å². The van der Waals surface area contributed by atoms with Crippen LogP contribution in [0, 0.1) is 5.92 Å². The molecule has 1 atom stereocenters. The van der Waals surface area contributed by atoms with E-state index < -0.39 is 0 Å². The summed E-state index contributed by atoms with van der Waals surface area (Å²) >= 11 is 0. The summed E-state index contributed by atoms with van der Waals surface area (Å²) in [6, 6.07) is -0.149. The lowest BCUT2D eigenvalue weighted by atomic mass is 10.1. The van der Waals surface area contributed by atoms with E-state index in [-0.39, 0.29) is 19.3 Å². The first-order chi connectivity index (χ1) is 5.74. The largest absolute Gasteiger partial charge is 0.395 e. The highest BCUT2D eigenvalue weighted by Crippen LogP contribution is 2.02. The van der Waals surface area contributed by atoms with E-state index in [9.17, 15) is 0 Å². The Hall–Kier alpha value is -0.120. The van der Waals surface area contributed by atoms with Crippen LogP contribution in [0.25, 0.3) is 0 Å². The van der Waals surface area contributed by atoms with Gasteiger partial charge in [-0.05, 0) is 18.9 Å². The minimum atomic E-state index is -0.149. The molecule has 0 amide bonds. The molecular formula is C9H21NO2. The minimum Gasteiger partial charge on any atom is -0.395 e. The molecule has 0 rings (SSSR count). The maximum Gasteiger partial charge on any atom is 0.0607 e. The molecule has 0 fully saturated rings. The summed E-state index contributed by atoms with van der Waals surface area (Å²) in [6.45, 7) is 5.22. The third kappa shape index (κ3) is 5.52. The Morgan fingerprint density at radius 2 is 1.83 bits per heavy atom. The topological polar surface area (TPSA) is 52.5 Å². The quantitative estimate of drug-likeness (QED) is 0.524. The van der Waals surface area contributed by atoms with Crippen LogP contribution < -0.4 is 5.32 Å². The Kier molecular flexibility index (Phi) is 7.45. The molecule has 0 spiro atoms. The van der Waals surface area contributed by atoms with Gasteiger partial charge in [-0.1, -0.05) is 20.3 Å². The molecule has 0 saturated heterocycles. The average Bonchev–Trinajstić information content (AvgIpc) is 2.07. The van der Waals surface area contributed by atoms with Crippen molar-refractivity contribution in [3.05, 3.63) is 0 Å². The summed E-state index contributed by atoms with van der Waals surface area (Å²) in [5, 5.41) is 20.6. The van der Waals surface area contributed by atoms with Gasteiger partial charge in [0, 0.05) is 0 Å². The first kappa shape index (κ1) is 11.9. The standard InChI is InChI=1S/C9H21NO2/c1-3-4-8(2)5-10-9(6-11)7-12/h8-12H,3-7H2,1-2H3. The van der Waals surface area contributed by atoms with Crippen molar-refractivity contribution >= 4 is 0 Å². The molecule has 74 valence electrons. The lowest BCUT2D eigenvalue weighted by molar-refractivity contribution is 0.167.